The topological polar surface area (TPSA) is 111 Å². The molecule has 0 saturated carbocycles. The van der Waals surface area contributed by atoms with Crippen LogP contribution in [0.4, 0.5) is 11.4 Å². The highest BCUT2D eigenvalue weighted by atomic mass is 35.5. The molecule has 3 rings (SSSR count). The lowest BCUT2D eigenvalue weighted by Gasteiger charge is -2.12. The first-order valence-corrected chi connectivity index (χ1v) is 8.92. The van der Waals surface area contributed by atoms with Gasteiger partial charge in [0.05, 0.1) is 21.7 Å². The number of carbonyl (C=O) groups is 2. The third-order valence-corrected chi connectivity index (χ3v) is 4.54. The van der Waals surface area contributed by atoms with Gasteiger partial charge in [-0.15, -0.1) is 0 Å². The molecular formula is C20H16ClN3O5. The third-order valence-electron chi connectivity index (χ3n) is 4.30. The van der Waals surface area contributed by atoms with Gasteiger partial charge in [-0.1, -0.05) is 29.8 Å². The standard InChI is InChI=1S/C20H16ClN3O5/c1-11-14-5-3-4-6-15(14)22-12(2)19(11)20(26)29-10-18(25)23-16-9-13(21)7-8-17(16)24(27)28/h3-9H,10H2,1-2H3,(H,23,25). The highest BCUT2D eigenvalue weighted by Crippen LogP contribution is 2.27. The Morgan fingerprint density at radius 3 is 2.66 bits per heavy atom. The molecule has 0 aliphatic rings. The molecule has 9 heteroatoms. The molecule has 148 valence electrons. The highest BCUT2D eigenvalue weighted by Gasteiger charge is 2.20. The van der Waals surface area contributed by atoms with Crippen molar-refractivity contribution in [2.24, 2.45) is 0 Å². The normalized spacial score (nSPS) is 10.6. The van der Waals surface area contributed by atoms with E-state index in [-0.39, 0.29) is 22.0 Å². The molecule has 0 saturated heterocycles. The number of pyridine rings is 1. The first-order valence-electron chi connectivity index (χ1n) is 8.54. The summed E-state index contributed by atoms with van der Waals surface area (Å²) in [6.45, 7) is 2.85. The molecule has 0 unspecified atom stereocenters. The van der Waals surface area contributed by atoms with Crippen molar-refractivity contribution in [3.8, 4) is 0 Å². The van der Waals surface area contributed by atoms with Crippen LogP contribution in [0.15, 0.2) is 42.5 Å². The summed E-state index contributed by atoms with van der Waals surface area (Å²) in [5.74, 6) is -1.43. The van der Waals surface area contributed by atoms with Crippen LogP contribution >= 0.6 is 11.6 Å². The van der Waals surface area contributed by atoms with Gasteiger partial charge in [-0.2, -0.15) is 0 Å². The van der Waals surface area contributed by atoms with Gasteiger partial charge >= 0.3 is 5.97 Å². The van der Waals surface area contributed by atoms with Crippen LogP contribution in [0.2, 0.25) is 5.02 Å². The summed E-state index contributed by atoms with van der Waals surface area (Å²) in [5.41, 5.74) is 1.82. The van der Waals surface area contributed by atoms with Crippen LogP contribution in [0.1, 0.15) is 21.6 Å². The average molecular weight is 414 g/mol. The number of nitrogens with zero attached hydrogens (tertiary/aromatic N) is 2. The summed E-state index contributed by atoms with van der Waals surface area (Å²) in [6.07, 6.45) is 0. The molecule has 0 aliphatic heterocycles. The van der Waals surface area contributed by atoms with Gasteiger partial charge in [0.1, 0.15) is 5.69 Å². The Balaban J connectivity index is 1.75. The minimum atomic E-state index is -0.729. The van der Waals surface area contributed by atoms with Crippen LogP contribution in [0.3, 0.4) is 0 Å². The summed E-state index contributed by atoms with van der Waals surface area (Å²) in [4.78, 5) is 39.5. The van der Waals surface area contributed by atoms with E-state index in [4.69, 9.17) is 16.3 Å². The Morgan fingerprint density at radius 1 is 1.21 bits per heavy atom. The van der Waals surface area contributed by atoms with Crippen molar-refractivity contribution in [1.29, 1.82) is 0 Å². The molecule has 0 radical (unpaired) electrons. The summed E-state index contributed by atoms with van der Waals surface area (Å²) >= 11 is 5.83. The first kappa shape index (κ1) is 20.2. The lowest BCUT2D eigenvalue weighted by Crippen LogP contribution is -2.22. The van der Waals surface area contributed by atoms with E-state index in [1.54, 1.807) is 13.8 Å². The van der Waals surface area contributed by atoms with E-state index in [2.05, 4.69) is 10.3 Å². The van der Waals surface area contributed by atoms with E-state index in [0.29, 0.717) is 11.3 Å². The second-order valence-corrected chi connectivity index (χ2v) is 6.69. The molecule has 3 aromatic rings. The molecule has 1 amide bonds. The molecule has 2 aromatic carbocycles. The first-order chi connectivity index (χ1) is 13.8. The number of fused-ring (bicyclic) bond motifs is 1. The van der Waals surface area contributed by atoms with Crippen LogP contribution in [-0.2, 0) is 9.53 Å². The van der Waals surface area contributed by atoms with Crippen molar-refractivity contribution in [3.63, 3.8) is 0 Å². The number of anilines is 1. The summed E-state index contributed by atoms with van der Waals surface area (Å²) < 4.78 is 5.11. The summed E-state index contributed by atoms with van der Waals surface area (Å²) in [7, 11) is 0. The lowest BCUT2D eigenvalue weighted by atomic mass is 10.0. The van der Waals surface area contributed by atoms with Gasteiger partial charge in [-0.05, 0) is 37.6 Å². The second-order valence-electron chi connectivity index (χ2n) is 6.26. The van der Waals surface area contributed by atoms with Crippen LogP contribution in [0.5, 0.6) is 0 Å². The number of benzene rings is 2. The fourth-order valence-electron chi connectivity index (χ4n) is 2.99. The number of rotatable bonds is 5. The van der Waals surface area contributed by atoms with Gasteiger partial charge in [0.25, 0.3) is 11.6 Å². The molecule has 1 N–H and O–H groups in total. The molecule has 0 bridgehead atoms. The molecule has 0 atom stereocenters. The Kier molecular flexibility index (Phi) is 5.74. The van der Waals surface area contributed by atoms with E-state index in [1.165, 1.54) is 18.2 Å². The summed E-state index contributed by atoms with van der Waals surface area (Å²) in [6, 6.07) is 11.2. The van der Waals surface area contributed by atoms with Crippen LogP contribution in [0.25, 0.3) is 10.9 Å². The Labute approximate surface area is 170 Å². The number of esters is 1. The van der Waals surface area contributed by atoms with E-state index in [0.717, 1.165) is 10.9 Å². The van der Waals surface area contributed by atoms with Crippen LogP contribution in [0, 0.1) is 24.0 Å². The largest absolute Gasteiger partial charge is 0.452 e. The van der Waals surface area contributed by atoms with Gasteiger partial charge < -0.3 is 10.1 Å². The highest BCUT2D eigenvalue weighted by molar-refractivity contribution is 6.31. The molecule has 0 fully saturated rings. The maximum Gasteiger partial charge on any atom is 0.340 e. The Bertz CT molecular complexity index is 1150. The lowest BCUT2D eigenvalue weighted by molar-refractivity contribution is -0.383. The number of hydrogen-bond acceptors (Lipinski definition) is 6. The number of nitrogens with one attached hydrogen (secondary N) is 1. The predicted octanol–water partition coefficient (Wildman–Crippen LogP) is 4.21. The summed E-state index contributed by atoms with van der Waals surface area (Å²) in [5, 5.41) is 14.4. The fraction of sp³-hybridized carbons (Fsp3) is 0.150. The monoisotopic (exact) mass is 413 g/mol. The van der Waals surface area contributed by atoms with Gasteiger partial charge in [0, 0.05) is 16.5 Å². The quantitative estimate of drug-likeness (QED) is 0.381. The SMILES string of the molecule is Cc1nc2ccccc2c(C)c1C(=O)OCC(=O)Nc1cc(Cl)ccc1[N+](=O)[O-]. The molecule has 8 nitrogen and oxygen atoms in total. The maximum atomic E-state index is 12.5. The van der Waals surface area contributed by atoms with E-state index in [1.807, 2.05) is 24.3 Å². The number of amides is 1. The molecule has 29 heavy (non-hydrogen) atoms. The number of ether oxygens (including phenoxy) is 1. The van der Waals surface area contributed by atoms with Gasteiger partial charge in [-0.3, -0.25) is 19.9 Å². The van der Waals surface area contributed by atoms with Crippen molar-refractivity contribution in [2.45, 2.75) is 13.8 Å². The predicted molar refractivity (Wildman–Crippen MR) is 108 cm³/mol. The average Bonchev–Trinajstić information content (AvgIpc) is 2.66. The minimum Gasteiger partial charge on any atom is -0.452 e. The number of aromatic nitrogens is 1. The molecule has 0 aliphatic carbocycles. The minimum absolute atomic E-state index is 0.0803. The number of hydrogen-bond donors (Lipinski definition) is 1. The van der Waals surface area contributed by atoms with Gasteiger partial charge in [-0.25, -0.2) is 4.79 Å². The van der Waals surface area contributed by atoms with E-state index >= 15 is 0 Å². The zero-order valence-electron chi connectivity index (χ0n) is 15.6. The van der Waals surface area contributed by atoms with Crippen LogP contribution in [-0.4, -0.2) is 28.4 Å². The zero-order valence-corrected chi connectivity index (χ0v) is 16.3. The van der Waals surface area contributed by atoms with Crippen LogP contribution < -0.4 is 5.32 Å². The molecule has 0 spiro atoms. The van der Waals surface area contributed by atoms with Crippen molar-refractivity contribution >= 4 is 45.8 Å². The number of carbonyl (C=O) groups excluding carboxylic acids is 2. The van der Waals surface area contributed by atoms with E-state index in [9.17, 15) is 19.7 Å². The van der Waals surface area contributed by atoms with E-state index < -0.39 is 23.4 Å². The number of para-hydroxylation sites is 1. The molecular weight excluding hydrogens is 398 g/mol. The number of aryl methyl sites for hydroxylation is 2. The molecule has 1 heterocycles. The van der Waals surface area contributed by atoms with Gasteiger partial charge in [0.2, 0.25) is 0 Å². The van der Waals surface area contributed by atoms with Crippen molar-refractivity contribution < 1.29 is 19.2 Å². The Morgan fingerprint density at radius 2 is 1.93 bits per heavy atom. The van der Waals surface area contributed by atoms with Crippen molar-refractivity contribution in [1.82, 2.24) is 4.98 Å². The zero-order chi connectivity index (χ0) is 21.1. The maximum absolute atomic E-state index is 12.5. The molecule has 1 aromatic heterocycles. The third kappa shape index (κ3) is 4.33. The smallest absolute Gasteiger partial charge is 0.340 e. The van der Waals surface area contributed by atoms with Crippen molar-refractivity contribution in [3.05, 3.63) is 74.4 Å². The van der Waals surface area contributed by atoms with Crippen molar-refractivity contribution in [2.75, 3.05) is 11.9 Å². The second kappa shape index (κ2) is 8.24. The van der Waals surface area contributed by atoms with Gasteiger partial charge in [0.15, 0.2) is 6.61 Å². The number of halogens is 1. The number of nitro groups is 1. The Hall–Kier alpha value is -3.52. The number of nitro benzene ring substituents is 1. The fourth-order valence-corrected chi connectivity index (χ4v) is 3.16.